The Morgan fingerprint density at radius 3 is 1.47 bits per heavy atom. The number of methoxy groups -OCH3 is 1. The van der Waals surface area contributed by atoms with Crippen LogP contribution in [0.25, 0.3) is 0 Å². The highest BCUT2D eigenvalue weighted by Gasteiger charge is 2.58. The summed E-state index contributed by atoms with van der Waals surface area (Å²) in [5, 5.41) is 0. The minimum atomic E-state index is -3.58. The van der Waals surface area contributed by atoms with Crippen LogP contribution in [0.2, 0.25) is 0 Å². The fourth-order valence-electron chi connectivity index (χ4n) is 3.03. The van der Waals surface area contributed by atoms with E-state index in [-0.39, 0.29) is 49.1 Å². The number of hydrogen-bond acceptors (Lipinski definition) is 9. The fourth-order valence-corrected chi connectivity index (χ4v) is 5.32. The van der Waals surface area contributed by atoms with Gasteiger partial charge in [0, 0.05) is 11.6 Å². The molecular formula is C25H47N3O7P+. The standard InChI is InChI=1S/C25H47N3O7P/c1-18(2)26(25(29)23-12-14-24(31-11)15-13-23)16-17-36(30,27(32-19(3)4)33-20(5)6)28(34-21(7)8)35-22(9)10/h12-15,18-22,30H,16-17H2,1-11H3/q+1. The van der Waals surface area contributed by atoms with Crippen molar-refractivity contribution in [2.24, 2.45) is 0 Å². The zero-order valence-corrected chi connectivity index (χ0v) is 24.7. The van der Waals surface area contributed by atoms with Gasteiger partial charge in [-0.1, -0.05) is 0 Å². The second kappa shape index (κ2) is 15.1. The van der Waals surface area contributed by atoms with Crippen molar-refractivity contribution in [2.75, 3.05) is 19.8 Å². The first-order valence-corrected chi connectivity index (χ1v) is 14.4. The molecule has 0 bridgehead atoms. The average Bonchev–Trinajstić information content (AvgIpc) is 2.76. The summed E-state index contributed by atoms with van der Waals surface area (Å²) in [7, 11) is -2.00. The molecule has 0 aromatic heterocycles. The van der Waals surface area contributed by atoms with Gasteiger partial charge in [0.05, 0.1) is 38.1 Å². The third-order valence-electron chi connectivity index (χ3n) is 4.59. The van der Waals surface area contributed by atoms with Crippen LogP contribution in [0.3, 0.4) is 0 Å². The van der Waals surface area contributed by atoms with E-state index in [9.17, 15) is 9.69 Å². The van der Waals surface area contributed by atoms with Crippen molar-refractivity contribution in [3.63, 3.8) is 0 Å². The number of carbonyl (C=O) groups excluding carboxylic acids is 1. The predicted octanol–water partition coefficient (Wildman–Crippen LogP) is 5.26. The summed E-state index contributed by atoms with van der Waals surface area (Å²) in [4.78, 5) is 53.3. The van der Waals surface area contributed by atoms with Crippen LogP contribution in [0.15, 0.2) is 24.3 Å². The molecule has 1 rings (SSSR count). The quantitative estimate of drug-likeness (QED) is 0.226. The summed E-state index contributed by atoms with van der Waals surface area (Å²) in [6, 6.07) is 6.81. The molecule has 1 N–H and O–H groups in total. The van der Waals surface area contributed by atoms with E-state index in [0.717, 1.165) is 9.99 Å². The van der Waals surface area contributed by atoms with Gasteiger partial charge in [0.1, 0.15) is 21.9 Å². The topological polar surface area (TPSA) is 93.2 Å². The molecule has 0 saturated carbocycles. The van der Waals surface area contributed by atoms with Gasteiger partial charge in [-0.3, -0.25) is 4.79 Å². The average molecular weight is 533 g/mol. The van der Waals surface area contributed by atoms with Crippen LogP contribution in [0.4, 0.5) is 0 Å². The lowest BCUT2D eigenvalue weighted by molar-refractivity contribution is -0.382. The first kappa shape index (κ1) is 32.7. The van der Waals surface area contributed by atoms with Gasteiger partial charge in [0.2, 0.25) is 0 Å². The monoisotopic (exact) mass is 532 g/mol. The van der Waals surface area contributed by atoms with Gasteiger partial charge < -0.3 is 9.64 Å². The number of hydrogen-bond donors (Lipinski definition) is 1. The molecule has 36 heavy (non-hydrogen) atoms. The molecule has 10 nitrogen and oxygen atoms in total. The zero-order valence-electron chi connectivity index (χ0n) is 23.8. The Labute approximate surface area is 217 Å². The lowest BCUT2D eigenvalue weighted by Gasteiger charge is -2.37. The Bertz CT molecular complexity index is 731. The van der Waals surface area contributed by atoms with E-state index >= 15 is 0 Å². The largest absolute Gasteiger partial charge is 0.497 e. The van der Waals surface area contributed by atoms with Crippen molar-refractivity contribution < 1.29 is 33.8 Å². The van der Waals surface area contributed by atoms with E-state index < -0.39 is 7.79 Å². The van der Waals surface area contributed by atoms with Crippen LogP contribution < -0.4 is 4.74 Å². The molecule has 0 saturated heterocycles. The summed E-state index contributed by atoms with van der Waals surface area (Å²) >= 11 is 0. The van der Waals surface area contributed by atoms with Crippen LogP contribution in [-0.2, 0) is 19.4 Å². The van der Waals surface area contributed by atoms with Crippen molar-refractivity contribution >= 4 is 13.7 Å². The number of carbonyl (C=O) groups is 1. The Morgan fingerprint density at radius 2 is 1.17 bits per heavy atom. The molecular weight excluding hydrogens is 485 g/mol. The van der Waals surface area contributed by atoms with Crippen molar-refractivity contribution in [1.82, 2.24) is 14.9 Å². The highest BCUT2D eigenvalue weighted by molar-refractivity contribution is 7.65. The lowest BCUT2D eigenvalue weighted by Crippen LogP contribution is -2.46. The van der Waals surface area contributed by atoms with Crippen LogP contribution in [0.1, 0.15) is 79.6 Å². The first-order chi connectivity index (χ1) is 16.7. The van der Waals surface area contributed by atoms with Crippen molar-refractivity contribution in [3.8, 4) is 5.75 Å². The fraction of sp³-hybridized carbons (Fsp3) is 0.720. The highest BCUT2D eigenvalue weighted by atomic mass is 31.2. The van der Waals surface area contributed by atoms with Crippen LogP contribution in [0.5, 0.6) is 5.75 Å². The van der Waals surface area contributed by atoms with Crippen LogP contribution in [0, 0.1) is 0 Å². The van der Waals surface area contributed by atoms with Crippen molar-refractivity contribution in [3.05, 3.63) is 29.8 Å². The molecule has 1 amide bonds. The second-order valence-corrected chi connectivity index (χ2v) is 12.3. The molecule has 0 spiro atoms. The molecule has 0 fully saturated rings. The minimum Gasteiger partial charge on any atom is -0.497 e. The zero-order chi connectivity index (χ0) is 27.6. The Balaban J connectivity index is 3.39. The number of nitrogens with zero attached hydrogens (tertiary/aromatic N) is 3. The van der Waals surface area contributed by atoms with E-state index in [1.54, 1.807) is 36.3 Å². The normalized spacial score (nSPS) is 12.8. The smallest absolute Gasteiger partial charge is 0.401 e. The molecule has 0 atom stereocenters. The van der Waals surface area contributed by atoms with Gasteiger partial charge in [0.15, 0.2) is 0 Å². The Morgan fingerprint density at radius 1 is 0.778 bits per heavy atom. The predicted molar refractivity (Wildman–Crippen MR) is 142 cm³/mol. The van der Waals surface area contributed by atoms with E-state index in [2.05, 4.69) is 0 Å². The first-order valence-electron chi connectivity index (χ1n) is 12.5. The molecule has 11 heteroatoms. The maximum Gasteiger partial charge on any atom is 0.401 e. The second-order valence-electron chi connectivity index (χ2n) is 9.83. The number of ether oxygens (including phenoxy) is 1. The molecule has 0 unspecified atom stereocenters. The van der Waals surface area contributed by atoms with Gasteiger partial charge in [-0.05, 0) is 93.5 Å². The maximum absolute atomic E-state index is 13.4. The summed E-state index contributed by atoms with van der Waals surface area (Å²) in [6.07, 6.45) is -1.10. The van der Waals surface area contributed by atoms with Gasteiger partial charge in [-0.2, -0.15) is 0 Å². The number of rotatable bonds is 16. The summed E-state index contributed by atoms with van der Waals surface area (Å²) in [6.45, 7) is 18.8. The molecule has 0 radical (unpaired) electrons. The van der Waals surface area contributed by atoms with E-state index in [1.165, 1.54) is 0 Å². The molecule has 0 aliphatic heterocycles. The van der Waals surface area contributed by atoms with Crippen molar-refractivity contribution in [1.29, 1.82) is 0 Å². The Hall–Kier alpha value is -1.36. The van der Waals surface area contributed by atoms with E-state index in [1.807, 2.05) is 69.2 Å². The summed E-state index contributed by atoms with van der Waals surface area (Å²) < 4.78 is 5.21. The molecule has 0 aliphatic rings. The maximum atomic E-state index is 13.4. The highest BCUT2D eigenvalue weighted by Crippen LogP contribution is 2.62. The lowest BCUT2D eigenvalue weighted by atomic mass is 10.1. The molecule has 0 heterocycles. The SMILES string of the molecule is COc1ccc(C(=O)N(CC[P+](O)(N(OC(C)C)OC(C)C)N(OC(C)C)OC(C)C)C(C)C)cc1. The van der Waals surface area contributed by atoms with Gasteiger partial charge in [0.25, 0.3) is 5.91 Å². The summed E-state index contributed by atoms with van der Waals surface area (Å²) in [5.41, 5.74) is 0.522. The molecule has 1 aromatic carbocycles. The van der Waals surface area contributed by atoms with Crippen LogP contribution >= 0.6 is 7.79 Å². The number of amides is 1. The van der Waals surface area contributed by atoms with Gasteiger partial charge in [-0.15, -0.1) is 0 Å². The third kappa shape index (κ3) is 10.2. The minimum absolute atomic E-state index is 0.0754. The number of benzene rings is 1. The Kier molecular flexibility index (Phi) is 13.7. The van der Waals surface area contributed by atoms with E-state index in [4.69, 9.17) is 24.1 Å². The van der Waals surface area contributed by atoms with Gasteiger partial charge in [-0.25, -0.2) is 24.2 Å². The molecule has 208 valence electrons. The summed E-state index contributed by atoms with van der Waals surface area (Å²) in [5.74, 6) is 0.504. The van der Waals surface area contributed by atoms with E-state index in [0.29, 0.717) is 11.3 Å². The third-order valence-corrected chi connectivity index (χ3v) is 6.81. The van der Waals surface area contributed by atoms with Crippen LogP contribution in [-0.4, -0.2) is 76.0 Å². The molecule has 0 aliphatic carbocycles. The van der Waals surface area contributed by atoms with Crippen molar-refractivity contribution in [2.45, 2.75) is 99.7 Å². The van der Waals surface area contributed by atoms with Gasteiger partial charge >= 0.3 is 7.79 Å². The molecule has 1 aromatic rings.